The van der Waals surface area contributed by atoms with E-state index >= 15 is 0 Å². The van der Waals surface area contributed by atoms with Gasteiger partial charge in [0.15, 0.2) is 19.8 Å². The van der Waals surface area contributed by atoms with Gasteiger partial charge in [-0.15, -0.1) is 0 Å². The van der Waals surface area contributed by atoms with Gasteiger partial charge in [0, 0.05) is 44.9 Å². The molecule has 3 heterocycles. The average Bonchev–Trinajstić information content (AvgIpc) is 3.54. The predicted molar refractivity (Wildman–Crippen MR) is 303 cm³/mol. The van der Waals surface area contributed by atoms with Crippen molar-refractivity contribution >= 4 is 70.4 Å². The molecule has 0 radical (unpaired) electrons. The highest BCUT2D eigenvalue weighted by atomic mass is 16.5. The molecular formula is C60H63N7O16. The summed E-state index contributed by atoms with van der Waals surface area (Å²) in [5, 5.41) is 17.9. The Morgan fingerprint density at radius 3 is 1.14 bits per heavy atom. The number of benzene rings is 6. The van der Waals surface area contributed by atoms with Crippen LogP contribution in [0.2, 0.25) is 0 Å². The molecule has 0 atom stereocenters. The van der Waals surface area contributed by atoms with E-state index in [0.717, 1.165) is 11.1 Å². The summed E-state index contributed by atoms with van der Waals surface area (Å²) in [7, 11) is 9.29. The van der Waals surface area contributed by atoms with Gasteiger partial charge in [-0.25, -0.2) is 19.9 Å². The van der Waals surface area contributed by atoms with Gasteiger partial charge in [0.2, 0.25) is 0 Å². The lowest BCUT2D eigenvalue weighted by Crippen LogP contribution is -2.38. The zero-order valence-electron chi connectivity index (χ0n) is 46.9. The van der Waals surface area contributed by atoms with Crippen molar-refractivity contribution in [1.82, 2.24) is 15.3 Å². The largest absolute Gasteiger partial charge is 0.482 e. The zero-order chi connectivity index (χ0) is 60.7. The van der Waals surface area contributed by atoms with E-state index in [0.29, 0.717) is 68.2 Å². The van der Waals surface area contributed by atoms with Gasteiger partial charge in [0.1, 0.15) is 17.2 Å². The number of carboxylic acid groups (broad SMARTS) is 1. The van der Waals surface area contributed by atoms with Crippen LogP contribution in [0.15, 0.2) is 127 Å². The quantitative estimate of drug-likeness (QED) is 0.0622. The summed E-state index contributed by atoms with van der Waals surface area (Å²) in [5.74, 6) is -2.31. The van der Waals surface area contributed by atoms with E-state index in [1.54, 1.807) is 123 Å². The fourth-order valence-corrected chi connectivity index (χ4v) is 8.29. The van der Waals surface area contributed by atoms with Crippen molar-refractivity contribution in [2.24, 2.45) is 5.73 Å². The van der Waals surface area contributed by atoms with Crippen LogP contribution in [0.5, 0.6) is 17.2 Å². The van der Waals surface area contributed by atoms with Gasteiger partial charge in [-0.2, -0.15) is 0 Å². The number of anilines is 3. The summed E-state index contributed by atoms with van der Waals surface area (Å²) in [6, 6.07) is 34.9. The fraction of sp³-hybridized carbons (Fsp3) is 0.250. The lowest BCUT2D eigenvalue weighted by molar-refractivity contribution is -0.122. The second-order valence-corrected chi connectivity index (χ2v) is 19.3. The molecule has 6 amide bonds. The Balaban J connectivity index is 0.000000194. The minimum Gasteiger partial charge on any atom is -0.482 e. The number of carboxylic acids is 1. The van der Waals surface area contributed by atoms with E-state index in [1.165, 1.54) is 64.2 Å². The van der Waals surface area contributed by atoms with Crippen LogP contribution in [0.25, 0.3) is 0 Å². The second kappa shape index (κ2) is 28.3. The Hall–Kier alpha value is -10.1. The van der Waals surface area contributed by atoms with E-state index in [1.807, 2.05) is 26.0 Å². The lowest BCUT2D eigenvalue weighted by atomic mass is 10.1. The van der Waals surface area contributed by atoms with Gasteiger partial charge >= 0.3 is 17.9 Å². The molecule has 0 aromatic heterocycles. The van der Waals surface area contributed by atoms with Crippen LogP contribution in [0.1, 0.15) is 92.7 Å². The van der Waals surface area contributed by atoms with Crippen LogP contribution in [-0.2, 0) is 43.5 Å². The molecule has 6 aromatic carbocycles. The Labute approximate surface area is 478 Å². The summed E-state index contributed by atoms with van der Waals surface area (Å²) in [5.41, 5.74) is 12.3. The summed E-state index contributed by atoms with van der Waals surface area (Å²) >= 11 is 0. The highest BCUT2D eigenvalue weighted by Gasteiger charge is 2.30. The smallest absolute Gasteiger partial charge is 0.337 e. The maximum absolute atomic E-state index is 12.4. The molecule has 0 unspecified atom stereocenters. The predicted octanol–water partition coefficient (Wildman–Crippen LogP) is 5.98. The number of nitrogens with two attached hydrogens (primary N) is 1. The molecule has 0 saturated heterocycles. The van der Waals surface area contributed by atoms with Crippen molar-refractivity contribution in [3.05, 3.63) is 177 Å². The number of ether oxygens (including phenoxy) is 5. The molecule has 434 valence electrons. The van der Waals surface area contributed by atoms with E-state index in [9.17, 15) is 43.2 Å². The van der Waals surface area contributed by atoms with Crippen LogP contribution in [0.4, 0.5) is 17.1 Å². The Kier molecular flexibility index (Phi) is 21.2. The number of carbonyl (C=O) groups excluding carboxylic acids is 8. The van der Waals surface area contributed by atoms with Crippen molar-refractivity contribution in [3.63, 3.8) is 0 Å². The van der Waals surface area contributed by atoms with Crippen LogP contribution in [0.3, 0.4) is 0 Å². The Bertz CT molecular complexity index is 3280. The van der Waals surface area contributed by atoms with E-state index in [2.05, 4.69) is 0 Å². The number of nitrogens with zero attached hydrogens (tertiary/aromatic N) is 5. The van der Waals surface area contributed by atoms with Crippen LogP contribution >= 0.6 is 0 Å². The van der Waals surface area contributed by atoms with Crippen LogP contribution in [-0.4, -0.2) is 142 Å². The summed E-state index contributed by atoms with van der Waals surface area (Å²) in [4.78, 5) is 115. The molecule has 0 aliphatic carbocycles. The molecule has 9 rings (SSSR count). The number of fused-ring (bicyclic) bond motifs is 3. The number of aromatic carboxylic acids is 1. The van der Waals surface area contributed by atoms with Gasteiger partial charge in [-0.1, -0.05) is 50.2 Å². The molecule has 83 heavy (non-hydrogen) atoms. The molecule has 23 heteroatoms. The maximum atomic E-state index is 12.4. The number of carbonyl (C=O) groups is 9. The number of amides is 6. The lowest BCUT2D eigenvalue weighted by Gasteiger charge is -2.30. The molecule has 0 saturated carbocycles. The highest BCUT2D eigenvalue weighted by molar-refractivity contribution is 6.03. The molecule has 0 spiro atoms. The summed E-state index contributed by atoms with van der Waals surface area (Å²) in [6.07, 6.45) is 0. The van der Waals surface area contributed by atoms with Crippen molar-refractivity contribution in [2.45, 2.75) is 39.5 Å². The van der Waals surface area contributed by atoms with Gasteiger partial charge in [-0.3, -0.25) is 34.0 Å². The van der Waals surface area contributed by atoms with E-state index in [4.69, 9.17) is 39.7 Å². The molecular weight excluding hydrogens is 1070 g/mol. The zero-order valence-corrected chi connectivity index (χ0v) is 46.9. The summed E-state index contributed by atoms with van der Waals surface area (Å²) < 4.78 is 25.7. The second-order valence-electron chi connectivity index (χ2n) is 19.3. The SMILES string of the molecule is CC(C)N.CN(C)C(=O)c1cccc(CN2C(=O)COc3ccc(C(=O)NO)cc32)c1.COC(=O)c1ccc2c(c1)N(Cc1cccc(C(=O)N(C)C)c1)C(=O)CO2.COC(=O)c1ccc2c(c1)N(Cc1cccc(C(=O)O)c1)C(=O)CO2. The van der Waals surface area contributed by atoms with Crippen LogP contribution in [0, 0.1) is 0 Å². The minimum atomic E-state index is -1.04. The van der Waals surface area contributed by atoms with Crippen LogP contribution < -0.4 is 40.1 Å². The van der Waals surface area contributed by atoms with E-state index in [-0.39, 0.29) is 80.1 Å². The molecule has 6 aromatic rings. The van der Waals surface area contributed by atoms with E-state index < -0.39 is 23.8 Å². The highest BCUT2D eigenvalue weighted by Crippen LogP contribution is 2.37. The molecule has 23 nitrogen and oxygen atoms in total. The maximum Gasteiger partial charge on any atom is 0.337 e. The Morgan fingerprint density at radius 2 is 0.831 bits per heavy atom. The third-order valence-electron chi connectivity index (χ3n) is 12.3. The van der Waals surface area contributed by atoms with Gasteiger partial charge in [0.05, 0.1) is 67.6 Å². The normalized spacial score (nSPS) is 12.7. The van der Waals surface area contributed by atoms with Gasteiger partial charge < -0.3 is 59.0 Å². The first-order valence-electron chi connectivity index (χ1n) is 25.6. The Morgan fingerprint density at radius 1 is 0.518 bits per heavy atom. The topological polar surface area (TPSA) is 294 Å². The third kappa shape index (κ3) is 16.0. The van der Waals surface area contributed by atoms with Gasteiger partial charge in [0.25, 0.3) is 35.4 Å². The number of rotatable bonds is 12. The number of hydroxylamine groups is 1. The first kappa shape index (κ1) is 62.1. The van der Waals surface area contributed by atoms with Crippen molar-refractivity contribution in [3.8, 4) is 17.2 Å². The monoisotopic (exact) mass is 1140 g/mol. The fourth-order valence-electron chi connectivity index (χ4n) is 8.29. The molecule has 5 N–H and O–H groups in total. The third-order valence-corrected chi connectivity index (χ3v) is 12.3. The number of hydrogen-bond donors (Lipinski definition) is 4. The van der Waals surface area contributed by atoms with Crippen molar-refractivity contribution < 1.29 is 77.1 Å². The van der Waals surface area contributed by atoms with Crippen molar-refractivity contribution in [1.29, 1.82) is 0 Å². The first-order chi connectivity index (χ1) is 39.5. The molecule has 0 bridgehead atoms. The average molecular weight is 1140 g/mol. The molecule has 3 aliphatic heterocycles. The van der Waals surface area contributed by atoms with Crippen molar-refractivity contribution in [2.75, 3.05) is 76.9 Å². The molecule has 3 aliphatic rings. The number of nitrogens with one attached hydrogen (secondary N) is 1. The summed E-state index contributed by atoms with van der Waals surface area (Å²) in [6.45, 7) is 4.21. The number of methoxy groups -OCH3 is 2. The standard InChI is InChI=1S/C20H20N2O5.C19H19N3O5.C18H15NO6.C3H9N/c1-21(2)19(24)14-6-4-5-13(9-14)11-22-16-10-15(20(25)26-3)7-8-17(16)27-12-18(22)23;1-21(2)19(25)14-5-3-4-12(8-14)10-22-15-9-13(18(24)20-26)6-7-16(15)27-11-17(22)23;1-24-18(23)13-5-6-15-14(8-13)19(16(20)10-25-15)9-11-3-2-4-12(7-11)17(21)22;1-3(2)4/h4-10H,11-12H2,1-3H3;3-9,26H,10-11H2,1-2H3,(H,20,24);2-8H,9-10H2,1H3,(H,21,22);3H,4H2,1-2H3. The van der Waals surface area contributed by atoms with Gasteiger partial charge in [-0.05, 0) is 114 Å². The number of esters is 2. The molecule has 0 fully saturated rings. The number of hydrogen-bond acceptors (Lipinski definition) is 16. The first-order valence-corrected chi connectivity index (χ1v) is 25.6. The minimum absolute atomic E-state index is 0.0825.